The van der Waals surface area contributed by atoms with Gasteiger partial charge in [0.25, 0.3) is 5.91 Å². The molecule has 1 aliphatic rings. The largest absolute Gasteiger partial charge is 0.384 e. The zero-order chi connectivity index (χ0) is 15.3. The van der Waals surface area contributed by atoms with Crippen LogP contribution in [0.1, 0.15) is 55.5 Å². The topological polar surface area (TPSA) is 49.3 Å². The maximum absolute atomic E-state index is 12.4. The highest BCUT2D eigenvalue weighted by Crippen LogP contribution is 2.35. The quantitative estimate of drug-likeness (QED) is 0.821. The van der Waals surface area contributed by atoms with Gasteiger partial charge < -0.3 is 10.4 Å². The van der Waals surface area contributed by atoms with Gasteiger partial charge in [-0.1, -0.05) is 44.6 Å². The lowest BCUT2D eigenvalue weighted by atomic mass is 9.73. The molecule has 1 aromatic carbocycles. The molecule has 0 saturated heterocycles. The van der Waals surface area contributed by atoms with Gasteiger partial charge >= 0.3 is 0 Å². The molecule has 21 heavy (non-hydrogen) atoms. The minimum absolute atomic E-state index is 0.0392. The Bertz CT molecular complexity index is 566. The zero-order valence-electron chi connectivity index (χ0n) is 12.8. The molecule has 3 nitrogen and oxygen atoms in total. The number of rotatable bonds is 2. The molecule has 0 aliphatic heterocycles. The Morgan fingerprint density at radius 2 is 2.24 bits per heavy atom. The number of nitrogens with one attached hydrogen (secondary N) is 1. The molecule has 2 N–H and O–H groups in total. The second kappa shape index (κ2) is 6.78. The van der Waals surface area contributed by atoms with Gasteiger partial charge in [0, 0.05) is 17.2 Å². The van der Waals surface area contributed by atoms with E-state index in [0.717, 1.165) is 18.4 Å². The molecule has 1 fully saturated rings. The maximum atomic E-state index is 12.4. The highest BCUT2D eigenvalue weighted by Gasteiger charge is 2.33. The highest BCUT2D eigenvalue weighted by atomic mass is 16.2. The third kappa shape index (κ3) is 4.09. The van der Waals surface area contributed by atoms with Crippen LogP contribution in [0.5, 0.6) is 0 Å². The molecule has 2 rings (SSSR count). The van der Waals surface area contributed by atoms with Gasteiger partial charge in [-0.25, -0.2) is 0 Å². The van der Waals surface area contributed by atoms with Crippen LogP contribution in [-0.4, -0.2) is 23.7 Å². The molecule has 0 spiro atoms. The summed E-state index contributed by atoms with van der Waals surface area (Å²) in [6.45, 7) is 4.27. The monoisotopic (exact) mass is 285 g/mol. The Balaban J connectivity index is 2.09. The second-order valence-electron chi connectivity index (χ2n) is 6.30. The molecule has 0 aromatic heterocycles. The van der Waals surface area contributed by atoms with Crippen LogP contribution >= 0.6 is 0 Å². The van der Waals surface area contributed by atoms with Gasteiger partial charge in [0.15, 0.2) is 0 Å². The van der Waals surface area contributed by atoms with Gasteiger partial charge in [-0.15, -0.1) is 0 Å². The molecule has 1 unspecified atom stereocenters. The van der Waals surface area contributed by atoms with Crippen LogP contribution in [0.2, 0.25) is 0 Å². The van der Waals surface area contributed by atoms with Crippen molar-refractivity contribution in [2.24, 2.45) is 5.41 Å². The molecule has 1 aromatic rings. The smallest absolute Gasteiger partial charge is 0.251 e. The van der Waals surface area contributed by atoms with E-state index in [9.17, 15) is 4.79 Å². The van der Waals surface area contributed by atoms with Crippen molar-refractivity contribution in [1.82, 2.24) is 5.32 Å². The van der Waals surface area contributed by atoms with Crippen molar-refractivity contribution in [1.29, 1.82) is 0 Å². The molecule has 1 aliphatic carbocycles. The Labute approximate surface area is 126 Å². The summed E-state index contributed by atoms with van der Waals surface area (Å²) < 4.78 is 0. The minimum Gasteiger partial charge on any atom is -0.384 e. The van der Waals surface area contributed by atoms with Crippen LogP contribution < -0.4 is 5.32 Å². The Kier molecular flexibility index (Phi) is 5.03. The van der Waals surface area contributed by atoms with E-state index in [0.29, 0.717) is 5.56 Å². The van der Waals surface area contributed by atoms with Gasteiger partial charge in [0.2, 0.25) is 0 Å². The van der Waals surface area contributed by atoms with Gasteiger partial charge in [0.05, 0.1) is 0 Å². The van der Waals surface area contributed by atoms with Crippen LogP contribution in [-0.2, 0) is 0 Å². The minimum atomic E-state index is -0.174. The van der Waals surface area contributed by atoms with E-state index in [2.05, 4.69) is 31.0 Å². The molecule has 0 bridgehead atoms. The van der Waals surface area contributed by atoms with Crippen molar-refractivity contribution < 1.29 is 9.90 Å². The summed E-state index contributed by atoms with van der Waals surface area (Å²) in [5.41, 5.74) is 1.53. The van der Waals surface area contributed by atoms with Crippen LogP contribution in [0.25, 0.3) is 0 Å². The number of carbonyl (C=O) groups excluding carboxylic acids is 1. The lowest BCUT2D eigenvalue weighted by Gasteiger charge is -2.39. The number of hydrogen-bond donors (Lipinski definition) is 2. The molecule has 1 atom stereocenters. The summed E-state index contributed by atoms with van der Waals surface area (Å²) in [6, 6.07) is 7.46. The fraction of sp³-hybridized carbons (Fsp3) is 0.500. The first-order chi connectivity index (χ1) is 10.0. The van der Waals surface area contributed by atoms with E-state index in [-0.39, 0.29) is 24.0 Å². The predicted molar refractivity (Wildman–Crippen MR) is 83.9 cm³/mol. The first kappa shape index (κ1) is 15.6. The van der Waals surface area contributed by atoms with E-state index in [1.54, 1.807) is 12.1 Å². The fourth-order valence-electron chi connectivity index (χ4n) is 2.88. The molecule has 112 valence electrons. The second-order valence-corrected chi connectivity index (χ2v) is 6.30. The third-order valence-corrected chi connectivity index (χ3v) is 4.25. The van der Waals surface area contributed by atoms with Crippen molar-refractivity contribution in [3.05, 3.63) is 35.4 Å². The van der Waals surface area contributed by atoms with E-state index < -0.39 is 0 Å². The lowest BCUT2D eigenvalue weighted by Crippen LogP contribution is -2.46. The van der Waals surface area contributed by atoms with Gasteiger partial charge in [0.1, 0.15) is 6.61 Å². The van der Waals surface area contributed by atoms with Crippen LogP contribution in [0.15, 0.2) is 24.3 Å². The molecule has 0 heterocycles. The fourth-order valence-corrected chi connectivity index (χ4v) is 2.88. The van der Waals surface area contributed by atoms with Gasteiger partial charge in [-0.2, -0.15) is 0 Å². The van der Waals surface area contributed by atoms with Crippen molar-refractivity contribution >= 4 is 5.91 Å². The summed E-state index contributed by atoms with van der Waals surface area (Å²) >= 11 is 0. The van der Waals surface area contributed by atoms with Crippen molar-refractivity contribution in [2.75, 3.05) is 6.61 Å². The summed E-state index contributed by atoms with van der Waals surface area (Å²) in [5, 5.41) is 11.9. The highest BCUT2D eigenvalue weighted by molar-refractivity contribution is 5.94. The first-order valence-electron chi connectivity index (χ1n) is 7.53. The molecule has 1 saturated carbocycles. The Morgan fingerprint density at radius 3 is 2.95 bits per heavy atom. The summed E-state index contributed by atoms with van der Waals surface area (Å²) in [6.07, 6.45) is 4.62. The predicted octanol–water partition coefficient (Wildman–Crippen LogP) is 2.73. The van der Waals surface area contributed by atoms with Crippen molar-refractivity contribution in [3.8, 4) is 11.8 Å². The summed E-state index contributed by atoms with van der Waals surface area (Å²) in [4.78, 5) is 12.4. The Morgan fingerprint density at radius 1 is 1.43 bits per heavy atom. The van der Waals surface area contributed by atoms with Gasteiger partial charge in [-0.3, -0.25) is 4.79 Å². The van der Waals surface area contributed by atoms with Crippen molar-refractivity contribution in [3.63, 3.8) is 0 Å². The van der Waals surface area contributed by atoms with E-state index in [4.69, 9.17) is 5.11 Å². The number of hydrogen-bond acceptors (Lipinski definition) is 2. The van der Waals surface area contributed by atoms with Crippen molar-refractivity contribution in [2.45, 2.75) is 45.6 Å². The van der Waals surface area contributed by atoms with Crippen LogP contribution in [0.4, 0.5) is 0 Å². The van der Waals surface area contributed by atoms with Crippen LogP contribution in [0.3, 0.4) is 0 Å². The summed E-state index contributed by atoms with van der Waals surface area (Å²) in [5.74, 6) is 5.39. The zero-order valence-corrected chi connectivity index (χ0v) is 12.8. The number of aliphatic hydroxyl groups excluding tert-OH is 1. The molecule has 1 amide bonds. The normalized spacial score (nSPS) is 20.2. The van der Waals surface area contributed by atoms with E-state index in [1.165, 1.54) is 12.8 Å². The molecular formula is C18H23NO2. The lowest BCUT2D eigenvalue weighted by molar-refractivity contribution is 0.0853. The average Bonchev–Trinajstić information content (AvgIpc) is 2.47. The molecule has 3 heteroatoms. The SMILES string of the molecule is CC1(C)CCCCC1NC(=O)c1cccc(C#CCO)c1. The van der Waals surface area contributed by atoms with E-state index in [1.807, 2.05) is 12.1 Å². The Hall–Kier alpha value is -1.79. The molecule has 0 radical (unpaired) electrons. The standard InChI is InChI=1S/C18H23NO2/c1-18(2)11-4-3-10-16(18)19-17(21)15-9-5-7-14(13-15)8-6-12-20/h5,7,9,13,16,20H,3-4,10-12H2,1-2H3,(H,19,21). The first-order valence-corrected chi connectivity index (χ1v) is 7.53. The number of benzene rings is 1. The number of carbonyl (C=O) groups is 1. The van der Waals surface area contributed by atoms with Crippen LogP contribution in [0, 0.1) is 17.3 Å². The molecular weight excluding hydrogens is 262 g/mol. The number of aliphatic hydroxyl groups is 1. The summed E-state index contributed by atoms with van der Waals surface area (Å²) in [7, 11) is 0. The van der Waals surface area contributed by atoms with Gasteiger partial charge in [-0.05, 0) is 36.5 Å². The van der Waals surface area contributed by atoms with E-state index >= 15 is 0 Å². The average molecular weight is 285 g/mol. The maximum Gasteiger partial charge on any atom is 0.251 e. The number of amides is 1. The third-order valence-electron chi connectivity index (χ3n) is 4.25.